The molecule has 142 valence electrons. The van der Waals surface area contributed by atoms with Crippen LogP contribution in [0.2, 0.25) is 5.02 Å². The summed E-state index contributed by atoms with van der Waals surface area (Å²) in [6.07, 6.45) is 0. The number of amides is 1. The van der Waals surface area contributed by atoms with Crippen molar-refractivity contribution in [1.29, 1.82) is 0 Å². The van der Waals surface area contributed by atoms with Crippen molar-refractivity contribution in [1.82, 2.24) is 15.1 Å². The van der Waals surface area contributed by atoms with Crippen LogP contribution in [-0.4, -0.2) is 20.8 Å². The molecule has 28 heavy (non-hydrogen) atoms. The van der Waals surface area contributed by atoms with Gasteiger partial charge in [-0.2, -0.15) is 5.10 Å². The number of carbonyl (C=O) groups excluding carboxylic acids is 1. The monoisotopic (exact) mass is 414 g/mol. The van der Waals surface area contributed by atoms with Crippen molar-refractivity contribution >= 4 is 40.5 Å². The highest BCUT2D eigenvalue weighted by molar-refractivity contribution is 7.80. The SMILES string of the molecule is Cc1nn(-c2ccccc2)c(C)c1[C@@H]1NC(=S)N(c2ccc(F)c(Cl)c2)C1=O. The van der Waals surface area contributed by atoms with Crippen molar-refractivity contribution in [3.8, 4) is 5.69 Å². The number of hydrogen-bond acceptors (Lipinski definition) is 3. The van der Waals surface area contributed by atoms with Crippen LogP contribution in [-0.2, 0) is 4.79 Å². The number of benzene rings is 2. The summed E-state index contributed by atoms with van der Waals surface area (Å²) in [5.41, 5.74) is 3.67. The Bertz CT molecular complexity index is 1100. The number of anilines is 1. The molecule has 0 aliphatic carbocycles. The van der Waals surface area contributed by atoms with Gasteiger partial charge >= 0.3 is 0 Å². The Hall–Kier alpha value is -2.77. The average Bonchev–Trinajstić information content (AvgIpc) is 3.13. The molecule has 1 fully saturated rings. The molecule has 1 amide bonds. The molecule has 1 N–H and O–H groups in total. The van der Waals surface area contributed by atoms with Gasteiger partial charge in [-0.1, -0.05) is 29.8 Å². The van der Waals surface area contributed by atoms with Gasteiger partial charge < -0.3 is 5.32 Å². The maximum atomic E-state index is 13.5. The summed E-state index contributed by atoms with van der Waals surface area (Å²) < 4.78 is 15.3. The van der Waals surface area contributed by atoms with Crippen LogP contribution in [0.25, 0.3) is 5.69 Å². The van der Waals surface area contributed by atoms with Crippen molar-refractivity contribution < 1.29 is 9.18 Å². The maximum absolute atomic E-state index is 13.5. The lowest BCUT2D eigenvalue weighted by Gasteiger charge is -2.15. The summed E-state index contributed by atoms with van der Waals surface area (Å²) in [4.78, 5) is 14.5. The van der Waals surface area contributed by atoms with Crippen LogP contribution < -0.4 is 10.2 Å². The van der Waals surface area contributed by atoms with E-state index in [2.05, 4.69) is 10.4 Å². The second kappa shape index (κ2) is 7.00. The zero-order valence-electron chi connectivity index (χ0n) is 15.1. The number of hydrogen-bond donors (Lipinski definition) is 1. The molecule has 2 heterocycles. The minimum Gasteiger partial charge on any atom is -0.346 e. The molecule has 0 spiro atoms. The zero-order valence-corrected chi connectivity index (χ0v) is 16.7. The van der Waals surface area contributed by atoms with Gasteiger partial charge in [-0.15, -0.1) is 0 Å². The number of rotatable bonds is 3. The molecule has 1 aliphatic rings. The fraction of sp³-hybridized carbons (Fsp3) is 0.150. The minimum absolute atomic E-state index is 0.0687. The first-order valence-corrected chi connectivity index (χ1v) is 9.38. The van der Waals surface area contributed by atoms with Gasteiger partial charge in [-0.25, -0.2) is 9.07 Å². The van der Waals surface area contributed by atoms with Crippen LogP contribution in [0.3, 0.4) is 0 Å². The van der Waals surface area contributed by atoms with E-state index in [0.717, 1.165) is 22.6 Å². The third-order valence-corrected chi connectivity index (χ3v) is 5.33. The van der Waals surface area contributed by atoms with Crippen LogP contribution in [0.4, 0.5) is 10.1 Å². The highest BCUT2D eigenvalue weighted by atomic mass is 35.5. The molecule has 5 nitrogen and oxygen atoms in total. The first kappa shape index (κ1) is 18.6. The molecule has 3 aromatic rings. The fourth-order valence-corrected chi connectivity index (χ4v) is 3.92. The topological polar surface area (TPSA) is 50.2 Å². The Labute approximate surface area is 171 Å². The predicted octanol–water partition coefficient (Wildman–Crippen LogP) is 4.24. The summed E-state index contributed by atoms with van der Waals surface area (Å²) >= 11 is 11.2. The molecule has 1 saturated heterocycles. The first-order chi connectivity index (χ1) is 13.4. The van der Waals surface area contributed by atoms with Gasteiger partial charge in [0.05, 0.1) is 22.1 Å². The lowest BCUT2D eigenvalue weighted by Crippen LogP contribution is -2.30. The average molecular weight is 415 g/mol. The van der Waals surface area contributed by atoms with Crippen LogP contribution in [0, 0.1) is 19.7 Å². The van der Waals surface area contributed by atoms with E-state index in [4.69, 9.17) is 23.8 Å². The fourth-order valence-electron chi connectivity index (χ4n) is 3.44. The number of aromatic nitrogens is 2. The van der Waals surface area contributed by atoms with Crippen molar-refractivity contribution in [2.45, 2.75) is 19.9 Å². The summed E-state index contributed by atoms with van der Waals surface area (Å²) in [6.45, 7) is 3.77. The zero-order chi connectivity index (χ0) is 20.0. The number of thiocarbonyl (C=S) groups is 1. The first-order valence-electron chi connectivity index (χ1n) is 8.59. The third-order valence-electron chi connectivity index (χ3n) is 4.74. The van der Waals surface area contributed by atoms with Gasteiger partial charge in [0.2, 0.25) is 0 Å². The molecule has 1 aliphatic heterocycles. The normalized spacial score (nSPS) is 16.6. The van der Waals surface area contributed by atoms with E-state index >= 15 is 0 Å². The standard InChI is InChI=1S/C20H16ClFN4OS/c1-11-17(12(2)26(24-11)13-6-4-3-5-7-13)18-19(27)25(20(28)23-18)14-8-9-16(22)15(21)10-14/h3-10,18H,1-2H3,(H,23,28)/t18-/m0/s1. The van der Waals surface area contributed by atoms with Crippen LogP contribution >= 0.6 is 23.8 Å². The van der Waals surface area contributed by atoms with Crippen molar-refractivity contribution in [2.24, 2.45) is 0 Å². The second-order valence-electron chi connectivity index (χ2n) is 6.49. The van der Waals surface area contributed by atoms with E-state index in [1.807, 2.05) is 44.2 Å². The Morgan fingerprint density at radius 1 is 1.14 bits per heavy atom. The summed E-state index contributed by atoms with van der Waals surface area (Å²) in [6, 6.07) is 13.1. The van der Waals surface area contributed by atoms with Gasteiger partial charge in [-0.3, -0.25) is 9.69 Å². The predicted molar refractivity (Wildman–Crippen MR) is 110 cm³/mol. The third kappa shape index (κ3) is 2.96. The van der Waals surface area contributed by atoms with Crippen molar-refractivity contribution in [3.05, 3.63) is 76.3 Å². The number of halogens is 2. The molecule has 0 bridgehead atoms. The van der Waals surface area contributed by atoms with Crippen LogP contribution in [0.15, 0.2) is 48.5 Å². The van der Waals surface area contributed by atoms with E-state index in [1.54, 1.807) is 4.68 Å². The van der Waals surface area contributed by atoms with E-state index in [9.17, 15) is 9.18 Å². The molecule has 0 radical (unpaired) electrons. The number of nitrogens with zero attached hydrogens (tertiary/aromatic N) is 3. The lowest BCUT2D eigenvalue weighted by atomic mass is 10.0. The maximum Gasteiger partial charge on any atom is 0.260 e. The van der Waals surface area contributed by atoms with Gasteiger partial charge in [0, 0.05) is 11.3 Å². The summed E-state index contributed by atoms with van der Waals surface area (Å²) in [7, 11) is 0. The highest BCUT2D eigenvalue weighted by Crippen LogP contribution is 2.33. The van der Waals surface area contributed by atoms with E-state index in [1.165, 1.54) is 23.1 Å². The van der Waals surface area contributed by atoms with Gasteiger partial charge in [0.25, 0.3) is 5.91 Å². The minimum atomic E-state index is -0.672. The van der Waals surface area contributed by atoms with Gasteiger partial charge in [0.1, 0.15) is 11.9 Å². The molecular weight excluding hydrogens is 399 g/mol. The largest absolute Gasteiger partial charge is 0.346 e. The van der Waals surface area contributed by atoms with Crippen LogP contribution in [0.5, 0.6) is 0 Å². The Balaban J connectivity index is 1.73. The van der Waals surface area contributed by atoms with E-state index in [0.29, 0.717) is 5.69 Å². The van der Waals surface area contributed by atoms with Gasteiger partial charge in [0.15, 0.2) is 5.11 Å². The number of aryl methyl sites for hydroxylation is 1. The molecule has 0 unspecified atom stereocenters. The number of nitrogens with one attached hydrogen (secondary N) is 1. The second-order valence-corrected chi connectivity index (χ2v) is 7.28. The number of para-hydroxylation sites is 1. The Morgan fingerprint density at radius 2 is 1.86 bits per heavy atom. The summed E-state index contributed by atoms with van der Waals surface area (Å²) in [5, 5.41) is 7.84. The quantitative estimate of drug-likeness (QED) is 0.651. The molecule has 2 aromatic carbocycles. The number of carbonyl (C=O) groups is 1. The lowest BCUT2D eigenvalue weighted by molar-refractivity contribution is -0.118. The summed E-state index contributed by atoms with van der Waals surface area (Å²) in [5.74, 6) is -0.810. The Kier molecular flexibility index (Phi) is 4.64. The molecule has 1 atom stereocenters. The van der Waals surface area contributed by atoms with Crippen molar-refractivity contribution in [3.63, 3.8) is 0 Å². The highest BCUT2D eigenvalue weighted by Gasteiger charge is 2.40. The van der Waals surface area contributed by atoms with Crippen LogP contribution in [0.1, 0.15) is 23.0 Å². The van der Waals surface area contributed by atoms with Crippen molar-refractivity contribution in [2.75, 3.05) is 4.90 Å². The molecule has 8 heteroatoms. The Morgan fingerprint density at radius 3 is 2.54 bits per heavy atom. The molecule has 0 saturated carbocycles. The molecule has 4 rings (SSSR count). The smallest absolute Gasteiger partial charge is 0.260 e. The molecular formula is C20H16ClFN4OS. The van der Waals surface area contributed by atoms with E-state index < -0.39 is 11.9 Å². The molecule has 1 aromatic heterocycles. The van der Waals surface area contributed by atoms with Gasteiger partial charge in [-0.05, 0) is 56.4 Å². The van der Waals surface area contributed by atoms with E-state index in [-0.39, 0.29) is 16.0 Å².